The largest absolute Gasteiger partial charge is 0.462 e. The van der Waals surface area contributed by atoms with E-state index in [1.165, 1.54) is 135 Å². The van der Waals surface area contributed by atoms with Crippen molar-refractivity contribution in [1.82, 2.24) is 0 Å². The predicted octanol–water partition coefficient (Wildman–Crippen LogP) is 19.0. The molecule has 0 radical (unpaired) electrons. The molecule has 386 valence electrons. The monoisotopic (exact) mass is 935 g/mol. The van der Waals surface area contributed by atoms with Crippen molar-refractivity contribution in [2.24, 2.45) is 0 Å². The predicted molar refractivity (Wildman–Crippen MR) is 288 cm³/mol. The number of hydrogen-bond acceptors (Lipinski definition) is 6. The van der Waals surface area contributed by atoms with Crippen LogP contribution in [0.5, 0.6) is 0 Å². The van der Waals surface area contributed by atoms with Crippen molar-refractivity contribution in [2.45, 2.75) is 284 Å². The highest BCUT2D eigenvalue weighted by Crippen LogP contribution is 2.16. The minimum Gasteiger partial charge on any atom is -0.462 e. The van der Waals surface area contributed by atoms with Crippen LogP contribution in [0.15, 0.2) is 72.9 Å². The fourth-order valence-corrected chi connectivity index (χ4v) is 7.98. The minimum atomic E-state index is -0.777. The van der Waals surface area contributed by atoms with E-state index < -0.39 is 6.10 Å². The molecular formula is C61H106O6. The Morgan fingerprint density at radius 2 is 0.582 bits per heavy atom. The maximum atomic E-state index is 12.8. The molecule has 0 rings (SSSR count). The van der Waals surface area contributed by atoms with E-state index in [-0.39, 0.29) is 31.1 Å². The van der Waals surface area contributed by atoms with Crippen molar-refractivity contribution in [2.75, 3.05) is 13.2 Å². The van der Waals surface area contributed by atoms with Crippen LogP contribution in [0, 0.1) is 0 Å². The summed E-state index contributed by atoms with van der Waals surface area (Å²) in [5, 5.41) is 0. The van der Waals surface area contributed by atoms with Crippen molar-refractivity contribution in [3.8, 4) is 0 Å². The van der Waals surface area contributed by atoms with Crippen LogP contribution < -0.4 is 0 Å². The van der Waals surface area contributed by atoms with E-state index >= 15 is 0 Å². The molecule has 67 heavy (non-hydrogen) atoms. The Labute approximate surface area is 414 Å². The first-order valence-electron chi connectivity index (χ1n) is 28.4. The smallest absolute Gasteiger partial charge is 0.306 e. The molecule has 1 atom stereocenters. The Balaban J connectivity index is 4.30. The molecule has 0 N–H and O–H groups in total. The van der Waals surface area contributed by atoms with Crippen LogP contribution in [-0.2, 0) is 28.6 Å². The molecule has 0 amide bonds. The zero-order chi connectivity index (χ0) is 48.6. The number of rotatable bonds is 51. The van der Waals surface area contributed by atoms with E-state index in [2.05, 4.69) is 93.7 Å². The van der Waals surface area contributed by atoms with Gasteiger partial charge in [-0.05, 0) is 70.6 Å². The van der Waals surface area contributed by atoms with Gasteiger partial charge in [0.2, 0.25) is 0 Å². The highest BCUT2D eigenvalue weighted by Gasteiger charge is 2.19. The van der Waals surface area contributed by atoms with Crippen LogP contribution in [0.3, 0.4) is 0 Å². The Morgan fingerprint density at radius 3 is 0.910 bits per heavy atom. The second kappa shape index (κ2) is 55.4. The van der Waals surface area contributed by atoms with Gasteiger partial charge in [0.25, 0.3) is 0 Å². The van der Waals surface area contributed by atoms with Crippen LogP contribution in [-0.4, -0.2) is 37.2 Å². The summed E-state index contributed by atoms with van der Waals surface area (Å²) in [6.07, 6.45) is 70.3. The van der Waals surface area contributed by atoms with Crippen molar-refractivity contribution < 1.29 is 28.6 Å². The van der Waals surface area contributed by atoms with Gasteiger partial charge in [0, 0.05) is 19.3 Å². The van der Waals surface area contributed by atoms with Crippen molar-refractivity contribution >= 4 is 17.9 Å². The molecule has 0 aromatic heterocycles. The average molecular weight is 936 g/mol. The highest BCUT2D eigenvalue weighted by molar-refractivity contribution is 5.71. The number of ether oxygens (including phenoxy) is 3. The summed E-state index contributed by atoms with van der Waals surface area (Å²) in [5.41, 5.74) is 0. The van der Waals surface area contributed by atoms with Gasteiger partial charge in [0.05, 0.1) is 0 Å². The van der Waals surface area contributed by atoms with Gasteiger partial charge in [-0.2, -0.15) is 0 Å². The van der Waals surface area contributed by atoms with Crippen LogP contribution in [0.1, 0.15) is 278 Å². The third kappa shape index (κ3) is 53.7. The number of esters is 3. The molecule has 6 nitrogen and oxygen atoms in total. The first-order chi connectivity index (χ1) is 33.0. The van der Waals surface area contributed by atoms with E-state index in [0.717, 1.165) is 103 Å². The molecule has 6 heteroatoms. The molecule has 0 spiro atoms. The summed E-state index contributed by atoms with van der Waals surface area (Å²) in [7, 11) is 0. The molecule has 1 unspecified atom stereocenters. The van der Waals surface area contributed by atoms with Gasteiger partial charge in [-0.1, -0.05) is 261 Å². The lowest BCUT2D eigenvalue weighted by Crippen LogP contribution is -2.30. The summed E-state index contributed by atoms with van der Waals surface area (Å²) in [6.45, 7) is 6.52. The fraction of sp³-hybridized carbons (Fsp3) is 0.754. The van der Waals surface area contributed by atoms with Gasteiger partial charge in [0.15, 0.2) is 6.10 Å². The average Bonchev–Trinajstić information content (AvgIpc) is 3.33. The van der Waals surface area contributed by atoms with Gasteiger partial charge < -0.3 is 14.2 Å². The molecule has 0 saturated carbocycles. The second-order valence-corrected chi connectivity index (χ2v) is 18.8. The molecule has 0 aliphatic carbocycles. The molecule has 0 aliphatic rings. The maximum Gasteiger partial charge on any atom is 0.306 e. The molecule has 0 saturated heterocycles. The lowest BCUT2D eigenvalue weighted by Gasteiger charge is -2.18. The Kier molecular flexibility index (Phi) is 52.8. The molecule has 0 fully saturated rings. The quantitative estimate of drug-likeness (QED) is 0.0262. The second-order valence-electron chi connectivity index (χ2n) is 18.8. The standard InChI is InChI=1S/C61H106O6/c1-4-7-10-13-16-19-22-24-25-26-27-28-29-30-31-32-33-34-35-37-39-42-45-48-51-54-60(63)66-57-58(56-65-59(62)53-50-47-44-41-38-21-18-15-12-9-6-3)67-61(64)55-52-49-46-43-40-36-23-20-17-14-11-8-5-2/h7,10,16,19,24-25,27-28,30-31,33-34,58H,4-6,8-9,11-15,17-18,20-23,26,29,32,35-57H2,1-3H3/b10-7-,19-16-,25-24-,28-27-,31-30-,34-33-. The zero-order valence-electron chi connectivity index (χ0n) is 44.2. The Hall–Kier alpha value is -3.15. The summed E-state index contributed by atoms with van der Waals surface area (Å²) >= 11 is 0. The van der Waals surface area contributed by atoms with E-state index in [9.17, 15) is 14.4 Å². The summed E-state index contributed by atoms with van der Waals surface area (Å²) in [6, 6.07) is 0. The summed E-state index contributed by atoms with van der Waals surface area (Å²) in [4.78, 5) is 38.0. The number of hydrogen-bond donors (Lipinski definition) is 0. The normalized spacial score (nSPS) is 12.6. The number of carbonyl (C=O) groups is 3. The van der Waals surface area contributed by atoms with Crippen LogP contribution in [0.25, 0.3) is 0 Å². The molecule has 0 heterocycles. The van der Waals surface area contributed by atoms with Crippen LogP contribution in [0.2, 0.25) is 0 Å². The van der Waals surface area contributed by atoms with E-state index in [0.29, 0.717) is 19.3 Å². The third-order valence-electron chi connectivity index (χ3n) is 12.2. The summed E-state index contributed by atoms with van der Waals surface area (Å²) < 4.78 is 16.8. The van der Waals surface area contributed by atoms with E-state index in [1.807, 2.05) is 0 Å². The third-order valence-corrected chi connectivity index (χ3v) is 12.2. The number of allylic oxidation sites excluding steroid dienone is 12. The first kappa shape index (κ1) is 63.8. The molecule has 0 aromatic rings. The van der Waals surface area contributed by atoms with Gasteiger partial charge >= 0.3 is 17.9 Å². The van der Waals surface area contributed by atoms with Gasteiger partial charge in [-0.25, -0.2) is 0 Å². The number of unbranched alkanes of at least 4 members (excludes halogenated alkanes) is 28. The fourth-order valence-electron chi connectivity index (χ4n) is 7.98. The molecule has 0 aliphatic heterocycles. The minimum absolute atomic E-state index is 0.0763. The Morgan fingerprint density at radius 1 is 0.313 bits per heavy atom. The lowest BCUT2D eigenvalue weighted by atomic mass is 10.0. The maximum absolute atomic E-state index is 12.8. The summed E-state index contributed by atoms with van der Waals surface area (Å²) in [5.74, 6) is -0.883. The van der Waals surface area contributed by atoms with Crippen molar-refractivity contribution in [3.05, 3.63) is 72.9 Å². The molecular weight excluding hydrogens is 829 g/mol. The molecule has 0 bridgehead atoms. The lowest BCUT2D eigenvalue weighted by molar-refractivity contribution is -0.167. The topological polar surface area (TPSA) is 78.9 Å². The SMILES string of the molecule is CC/C=C\C/C=C\C/C=C\C/C=C\C/C=C\C/C=C\CCCCCCCCC(=O)OCC(COC(=O)CCCCCCCCCCCCC)OC(=O)CCCCCCCCCCCCCCC. The van der Waals surface area contributed by atoms with Crippen molar-refractivity contribution in [3.63, 3.8) is 0 Å². The van der Waals surface area contributed by atoms with Gasteiger partial charge in [-0.15, -0.1) is 0 Å². The highest BCUT2D eigenvalue weighted by atomic mass is 16.6. The zero-order valence-corrected chi connectivity index (χ0v) is 44.2. The Bertz CT molecular complexity index is 1260. The van der Waals surface area contributed by atoms with Crippen molar-refractivity contribution in [1.29, 1.82) is 0 Å². The van der Waals surface area contributed by atoms with Gasteiger partial charge in [0.1, 0.15) is 13.2 Å². The van der Waals surface area contributed by atoms with E-state index in [1.54, 1.807) is 0 Å². The van der Waals surface area contributed by atoms with Crippen LogP contribution >= 0.6 is 0 Å². The van der Waals surface area contributed by atoms with Gasteiger partial charge in [-0.3, -0.25) is 14.4 Å². The van der Waals surface area contributed by atoms with Crippen LogP contribution in [0.4, 0.5) is 0 Å². The number of carbonyl (C=O) groups excluding carboxylic acids is 3. The van der Waals surface area contributed by atoms with E-state index in [4.69, 9.17) is 14.2 Å². The first-order valence-corrected chi connectivity index (χ1v) is 28.4. The molecule has 0 aromatic carbocycles.